The number of benzene rings is 2. The fourth-order valence-electron chi connectivity index (χ4n) is 6.02. The Morgan fingerprint density at radius 3 is 2.86 bits per heavy atom. The molecule has 2 bridgehead atoms. The molecule has 146 valence electrons. The summed E-state index contributed by atoms with van der Waals surface area (Å²) in [4.78, 5) is 15.0. The van der Waals surface area contributed by atoms with E-state index >= 15 is 0 Å². The number of amides is 1. The number of hydrogen-bond acceptors (Lipinski definition) is 3. The monoisotopic (exact) mass is 377 g/mol. The molecule has 1 heterocycles. The fourth-order valence-corrected chi connectivity index (χ4v) is 6.02. The maximum Gasteiger partial charge on any atom is 0.410 e. The van der Waals surface area contributed by atoms with E-state index in [1.165, 1.54) is 24.0 Å². The molecule has 1 aliphatic heterocycles. The molecule has 5 rings (SSSR count). The van der Waals surface area contributed by atoms with Crippen LogP contribution in [0, 0.1) is 5.92 Å². The normalized spacial score (nSPS) is 28.2. The average Bonchev–Trinajstić information content (AvgIpc) is 2.73. The lowest BCUT2D eigenvalue weighted by Crippen LogP contribution is -2.62. The zero-order valence-corrected chi connectivity index (χ0v) is 16.1. The van der Waals surface area contributed by atoms with Crippen LogP contribution in [0.3, 0.4) is 0 Å². The molecule has 3 aliphatic rings. The standard InChI is InChI=1S/C24H27NO3/c26-19-10-9-18-14-22-20-8-4-5-11-24(20,21(18)15-19)12-13-25(22)23(27)28-16-17-6-2-1-3-7-17/h1-3,6-7,9-10,15,20,22,26H,4-5,8,11-14,16H2/t20-,22+,24+/m1/s1. The highest BCUT2D eigenvalue weighted by Gasteiger charge is 2.55. The summed E-state index contributed by atoms with van der Waals surface area (Å²) in [6.07, 6.45) is 6.42. The van der Waals surface area contributed by atoms with Crippen molar-refractivity contribution in [2.24, 2.45) is 5.92 Å². The van der Waals surface area contributed by atoms with Crippen LogP contribution in [0.4, 0.5) is 4.79 Å². The Bertz CT molecular complexity index is 881. The van der Waals surface area contributed by atoms with Gasteiger partial charge < -0.3 is 14.7 Å². The van der Waals surface area contributed by atoms with Gasteiger partial charge in [-0.25, -0.2) is 4.79 Å². The van der Waals surface area contributed by atoms with Gasteiger partial charge >= 0.3 is 6.09 Å². The van der Waals surface area contributed by atoms with Crippen molar-refractivity contribution < 1.29 is 14.6 Å². The Morgan fingerprint density at radius 2 is 2.00 bits per heavy atom. The zero-order chi connectivity index (χ0) is 19.1. The lowest BCUT2D eigenvalue weighted by atomic mass is 9.52. The zero-order valence-electron chi connectivity index (χ0n) is 16.1. The second kappa shape index (κ2) is 6.84. The predicted octanol–water partition coefficient (Wildman–Crippen LogP) is 4.79. The summed E-state index contributed by atoms with van der Waals surface area (Å²) in [5.74, 6) is 0.828. The Hall–Kier alpha value is -2.49. The molecule has 0 unspecified atom stereocenters. The predicted molar refractivity (Wildman–Crippen MR) is 107 cm³/mol. The summed E-state index contributed by atoms with van der Waals surface area (Å²) in [6, 6.07) is 15.9. The number of fused-ring (bicyclic) bond motifs is 1. The Balaban J connectivity index is 1.42. The molecule has 1 saturated carbocycles. The minimum atomic E-state index is -0.185. The molecule has 2 fully saturated rings. The number of piperidine rings is 1. The third-order valence-electron chi connectivity index (χ3n) is 7.26. The van der Waals surface area contributed by atoms with Crippen LogP contribution in [0.5, 0.6) is 5.75 Å². The minimum absolute atomic E-state index is 0.117. The van der Waals surface area contributed by atoms with Gasteiger partial charge in [0.05, 0.1) is 0 Å². The van der Waals surface area contributed by atoms with Crippen LogP contribution in [0.15, 0.2) is 48.5 Å². The van der Waals surface area contributed by atoms with Crippen molar-refractivity contribution in [3.8, 4) is 5.75 Å². The maximum absolute atomic E-state index is 13.0. The van der Waals surface area contributed by atoms with Gasteiger partial charge in [-0.15, -0.1) is 0 Å². The third kappa shape index (κ3) is 2.78. The fraction of sp³-hybridized carbons (Fsp3) is 0.458. The number of phenols is 1. The van der Waals surface area contributed by atoms with Crippen molar-refractivity contribution in [1.82, 2.24) is 4.90 Å². The first-order valence-electron chi connectivity index (χ1n) is 10.5. The maximum atomic E-state index is 13.0. The largest absolute Gasteiger partial charge is 0.508 e. The first kappa shape index (κ1) is 17.6. The Labute approximate surface area is 166 Å². The van der Waals surface area contributed by atoms with Crippen molar-refractivity contribution in [1.29, 1.82) is 0 Å². The van der Waals surface area contributed by atoms with E-state index in [9.17, 15) is 9.90 Å². The van der Waals surface area contributed by atoms with E-state index in [-0.39, 0.29) is 17.6 Å². The molecule has 3 atom stereocenters. The molecule has 28 heavy (non-hydrogen) atoms. The molecular weight excluding hydrogens is 350 g/mol. The van der Waals surface area contributed by atoms with Crippen molar-refractivity contribution in [3.05, 3.63) is 65.2 Å². The van der Waals surface area contributed by atoms with Crippen LogP contribution in [-0.2, 0) is 23.2 Å². The molecule has 1 amide bonds. The van der Waals surface area contributed by atoms with Gasteiger partial charge in [-0.05, 0) is 60.4 Å². The number of hydrogen-bond donors (Lipinski definition) is 1. The number of nitrogens with zero attached hydrogens (tertiary/aromatic N) is 1. The van der Waals surface area contributed by atoms with Crippen molar-refractivity contribution >= 4 is 6.09 Å². The van der Waals surface area contributed by atoms with Gasteiger partial charge in [-0.2, -0.15) is 0 Å². The van der Waals surface area contributed by atoms with E-state index < -0.39 is 0 Å². The van der Waals surface area contributed by atoms with Gasteiger partial charge in [0.15, 0.2) is 0 Å². The number of ether oxygens (including phenoxy) is 1. The SMILES string of the molecule is O=C(OCc1ccccc1)N1CC[C@@]23CCCC[C@@H]2[C@@H]1Cc1ccc(O)cc13. The molecule has 1 N–H and O–H groups in total. The van der Waals surface area contributed by atoms with Gasteiger partial charge in [-0.3, -0.25) is 0 Å². The second-order valence-electron chi connectivity index (χ2n) is 8.60. The number of rotatable bonds is 2. The molecule has 2 aliphatic carbocycles. The van der Waals surface area contributed by atoms with E-state index in [4.69, 9.17) is 4.74 Å². The van der Waals surface area contributed by atoms with Crippen LogP contribution in [0.1, 0.15) is 48.8 Å². The van der Waals surface area contributed by atoms with Crippen LogP contribution in [0.25, 0.3) is 0 Å². The molecule has 0 spiro atoms. The molecule has 4 heteroatoms. The van der Waals surface area contributed by atoms with E-state index in [0.717, 1.165) is 37.8 Å². The van der Waals surface area contributed by atoms with E-state index in [2.05, 4.69) is 6.07 Å². The summed E-state index contributed by atoms with van der Waals surface area (Å²) < 4.78 is 5.69. The number of phenolic OH excluding ortho intramolecular Hbond substituents is 1. The average molecular weight is 377 g/mol. The first-order valence-corrected chi connectivity index (χ1v) is 10.5. The molecule has 0 radical (unpaired) electrons. The van der Waals surface area contributed by atoms with Gasteiger partial charge in [0, 0.05) is 18.0 Å². The number of carbonyl (C=O) groups excluding carboxylic acids is 1. The summed E-state index contributed by atoms with van der Waals surface area (Å²) >= 11 is 0. The molecule has 1 saturated heterocycles. The second-order valence-corrected chi connectivity index (χ2v) is 8.60. The van der Waals surface area contributed by atoms with Crippen LogP contribution >= 0.6 is 0 Å². The van der Waals surface area contributed by atoms with Crippen molar-refractivity contribution in [3.63, 3.8) is 0 Å². The van der Waals surface area contributed by atoms with Crippen LogP contribution in [0.2, 0.25) is 0 Å². The van der Waals surface area contributed by atoms with E-state index in [0.29, 0.717) is 18.3 Å². The van der Waals surface area contributed by atoms with Gasteiger partial charge in [0.1, 0.15) is 12.4 Å². The Kier molecular flexibility index (Phi) is 4.30. The third-order valence-corrected chi connectivity index (χ3v) is 7.26. The van der Waals surface area contributed by atoms with Gasteiger partial charge in [0.25, 0.3) is 0 Å². The number of likely N-dealkylation sites (tertiary alicyclic amines) is 1. The van der Waals surface area contributed by atoms with Crippen molar-refractivity contribution in [2.45, 2.75) is 56.6 Å². The first-order chi connectivity index (χ1) is 13.7. The smallest absolute Gasteiger partial charge is 0.410 e. The highest BCUT2D eigenvalue weighted by molar-refractivity contribution is 5.69. The molecular formula is C24H27NO3. The van der Waals surface area contributed by atoms with Crippen LogP contribution < -0.4 is 0 Å². The van der Waals surface area contributed by atoms with Crippen molar-refractivity contribution in [2.75, 3.05) is 6.54 Å². The quantitative estimate of drug-likeness (QED) is 0.819. The van der Waals surface area contributed by atoms with E-state index in [1.54, 1.807) is 6.07 Å². The summed E-state index contributed by atoms with van der Waals surface area (Å²) in [5.41, 5.74) is 3.77. The molecule has 0 aromatic heterocycles. The topological polar surface area (TPSA) is 49.8 Å². The summed E-state index contributed by atoms with van der Waals surface area (Å²) in [6.45, 7) is 1.06. The molecule has 4 nitrogen and oxygen atoms in total. The number of carbonyl (C=O) groups is 1. The molecule has 2 aromatic rings. The number of aromatic hydroxyl groups is 1. The molecule has 2 aromatic carbocycles. The highest BCUT2D eigenvalue weighted by atomic mass is 16.6. The highest BCUT2D eigenvalue weighted by Crippen LogP contribution is 2.56. The summed E-state index contributed by atoms with van der Waals surface area (Å²) in [7, 11) is 0. The lowest BCUT2D eigenvalue weighted by Gasteiger charge is -2.58. The Morgan fingerprint density at radius 1 is 1.14 bits per heavy atom. The lowest BCUT2D eigenvalue weighted by molar-refractivity contribution is -0.0137. The van der Waals surface area contributed by atoms with Crippen LogP contribution in [-0.4, -0.2) is 28.7 Å². The van der Waals surface area contributed by atoms with Gasteiger partial charge in [-0.1, -0.05) is 49.2 Å². The summed E-state index contributed by atoms with van der Waals surface area (Å²) in [5, 5.41) is 10.1. The van der Waals surface area contributed by atoms with Gasteiger partial charge in [0.2, 0.25) is 0 Å². The van der Waals surface area contributed by atoms with E-state index in [1.807, 2.05) is 41.3 Å². The minimum Gasteiger partial charge on any atom is -0.508 e.